The summed E-state index contributed by atoms with van der Waals surface area (Å²) in [5, 5.41) is 0. The van der Waals surface area contributed by atoms with Crippen LogP contribution in [-0.4, -0.2) is 31.4 Å². The second-order valence-electron chi connectivity index (χ2n) is 9.46. The number of hydrogen-bond acceptors (Lipinski definition) is 3. The lowest BCUT2D eigenvalue weighted by Crippen LogP contribution is -2.47. The number of hydrogen-bond donors (Lipinski definition) is 0. The summed E-state index contributed by atoms with van der Waals surface area (Å²) >= 11 is 0. The number of quaternary nitrogens is 1. The fourth-order valence-electron chi connectivity index (χ4n) is 4.20. The van der Waals surface area contributed by atoms with Crippen molar-refractivity contribution in [2.75, 3.05) is 19.6 Å². The molecule has 0 aromatic heterocycles. The highest BCUT2D eigenvalue weighted by atomic mass is 19.4. The molecule has 0 radical (unpaired) electrons. The maximum Gasteiger partial charge on any atom is 0.864 e. The monoisotopic (exact) mass is 608 g/mol. The highest BCUT2D eigenvalue weighted by molar-refractivity contribution is 6.39. The summed E-state index contributed by atoms with van der Waals surface area (Å²) in [5.41, 5.74) is -2.69. The lowest BCUT2D eigenvalue weighted by molar-refractivity contribution is -0.936. The summed E-state index contributed by atoms with van der Waals surface area (Å²) in [6, 6.07) is 9.70. The van der Waals surface area contributed by atoms with E-state index in [9.17, 15) is 39.5 Å². The van der Waals surface area contributed by atoms with E-state index in [2.05, 4.69) is 0 Å². The van der Waals surface area contributed by atoms with Crippen molar-refractivity contribution in [2.24, 2.45) is 0 Å². The van der Waals surface area contributed by atoms with E-state index < -0.39 is 42.5 Å². The van der Waals surface area contributed by atoms with Gasteiger partial charge in [0.25, 0.3) is 0 Å². The fourth-order valence-corrected chi connectivity index (χ4v) is 4.20. The summed E-state index contributed by atoms with van der Waals surface area (Å²) in [4.78, 5) is 0. The molecule has 0 saturated heterocycles. The lowest BCUT2D eigenvalue weighted by atomic mass is 10.1. The van der Waals surface area contributed by atoms with Gasteiger partial charge in [0.1, 0.15) is 23.8 Å². The van der Waals surface area contributed by atoms with Crippen LogP contribution in [0.2, 0.25) is 0 Å². The van der Waals surface area contributed by atoms with Crippen LogP contribution in [0.15, 0.2) is 66.7 Å². The van der Waals surface area contributed by atoms with E-state index in [-0.39, 0.29) is 29.4 Å². The molecule has 0 heterocycles. The highest BCUT2D eigenvalue weighted by Gasteiger charge is 2.37. The van der Waals surface area contributed by atoms with Crippen LogP contribution in [-0.2, 0) is 25.1 Å². The van der Waals surface area contributed by atoms with Gasteiger partial charge < -0.3 is 18.4 Å². The molecule has 3 rings (SSSR count). The van der Waals surface area contributed by atoms with Crippen molar-refractivity contribution in [3.8, 4) is 17.2 Å². The first-order valence-corrected chi connectivity index (χ1v) is 12.9. The molecule has 14 heteroatoms. The van der Waals surface area contributed by atoms with E-state index in [4.69, 9.17) is 14.0 Å². The van der Waals surface area contributed by atoms with E-state index >= 15 is 0 Å². The Bertz CT molecular complexity index is 1240. The van der Waals surface area contributed by atoms with Crippen molar-refractivity contribution in [3.63, 3.8) is 0 Å². The molecule has 3 aromatic rings. The highest BCUT2D eigenvalue weighted by Crippen LogP contribution is 2.35. The Labute approximate surface area is 237 Å². The van der Waals surface area contributed by atoms with Crippen LogP contribution in [0.3, 0.4) is 0 Å². The average Bonchev–Trinajstić information content (AvgIpc) is 2.91. The number of alkyl halides is 9. The summed E-state index contributed by atoms with van der Waals surface area (Å²) < 4.78 is 136. The molecule has 0 aliphatic rings. The predicted molar refractivity (Wildman–Crippen MR) is 138 cm³/mol. The third kappa shape index (κ3) is 8.49. The third-order valence-corrected chi connectivity index (χ3v) is 6.96. The van der Waals surface area contributed by atoms with Crippen molar-refractivity contribution >= 4 is 7.32 Å². The fraction of sp³-hybridized carbons (Fsp3) is 0.357. The molecule has 228 valence electrons. The summed E-state index contributed by atoms with van der Waals surface area (Å²) in [7, 11) is -1.80. The Kier molecular flexibility index (Phi) is 10.0. The number of halogens is 9. The first-order valence-electron chi connectivity index (χ1n) is 12.9. The average molecular weight is 608 g/mol. The van der Waals surface area contributed by atoms with Gasteiger partial charge in [0.15, 0.2) is 0 Å². The molecule has 0 unspecified atom stereocenters. The van der Waals surface area contributed by atoms with Gasteiger partial charge in [0, 0.05) is 5.56 Å². The van der Waals surface area contributed by atoms with Crippen LogP contribution >= 0.6 is 0 Å². The van der Waals surface area contributed by atoms with Crippen LogP contribution < -0.4 is 14.0 Å². The maximum atomic E-state index is 13.6. The molecule has 0 aliphatic carbocycles. The van der Waals surface area contributed by atoms with E-state index in [0.717, 1.165) is 66.7 Å². The predicted octanol–water partition coefficient (Wildman–Crippen LogP) is 8.64. The molecular weight excluding hydrogens is 580 g/mol. The van der Waals surface area contributed by atoms with Gasteiger partial charge in [-0.1, -0.05) is 0 Å². The first-order chi connectivity index (χ1) is 19.5. The van der Waals surface area contributed by atoms with Crippen molar-refractivity contribution < 1.29 is 58.0 Å². The van der Waals surface area contributed by atoms with Gasteiger partial charge in [-0.25, -0.2) is 0 Å². The number of nitrogens with zero attached hydrogens (tertiary/aromatic N) is 1. The van der Waals surface area contributed by atoms with E-state index in [0.29, 0.717) is 24.1 Å². The molecule has 0 amide bonds. The van der Waals surface area contributed by atoms with Crippen molar-refractivity contribution in [1.29, 1.82) is 0 Å². The molecule has 0 spiro atoms. The van der Waals surface area contributed by atoms with Gasteiger partial charge in [-0.2, -0.15) is 39.5 Å². The number of benzene rings is 3. The van der Waals surface area contributed by atoms with Crippen LogP contribution in [0.25, 0.3) is 0 Å². The normalized spacial score (nSPS) is 12.7. The van der Waals surface area contributed by atoms with Crippen molar-refractivity contribution in [1.82, 2.24) is 0 Å². The third-order valence-electron chi connectivity index (χ3n) is 6.96. The zero-order chi connectivity index (χ0) is 31.3. The molecule has 42 heavy (non-hydrogen) atoms. The minimum atomic E-state index is -4.65. The Morgan fingerprint density at radius 1 is 0.548 bits per heavy atom. The topological polar surface area (TPSA) is 27.7 Å². The van der Waals surface area contributed by atoms with Crippen LogP contribution in [0.5, 0.6) is 17.2 Å². The standard InChI is InChI=1S/C28H28BF9NO3/c1-4-39(5-2,6-3)18-19-17-22(28(36,37)38)11-16-25(19)42-29(40-23-12-7-20(8-13-23)26(30,31)32)41-24-14-9-21(10-15-24)27(33,34)35/h7-17H,4-6,18H2,1-3H3/q+1. The Hall–Kier alpha value is -3.55. The molecule has 0 bridgehead atoms. The Balaban J connectivity index is 2.01. The molecule has 3 aromatic carbocycles. The zero-order valence-electron chi connectivity index (χ0n) is 22.8. The summed E-state index contributed by atoms with van der Waals surface area (Å²) in [5.74, 6) is -0.381. The summed E-state index contributed by atoms with van der Waals surface area (Å²) in [6.07, 6.45) is -13.9. The quantitative estimate of drug-likeness (QED) is 0.124. The van der Waals surface area contributed by atoms with Gasteiger partial charge in [0.2, 0.25) is 0 Å². The molecule has 0 fully saturated rings. The minimum absolute atomic E-state index is 0.0651. The first kappa shape index (κ1) is 33.0. The molecule has 0 N–H and O–H groups in total. The lowest BCUT2D eigenvalue weighted by Gasteiger charge is -2.36. The van der Waals surface area contributed by atoms with Gasteiger partial charge in [-0.05, 0) is 87.5 Å². The molecular formula is C28H28BF9NO3+. The molecule has 4 nitrogen and oxygen atoms in total. The van der Waals surface area contributed by atoms with Gasteiger partial charge in [-0.15, -0.1) is 0 Å². The van der Waals surface area contributed by atoms with Crippen LogP contribution in [0, 0.1) is 0 Å². The van der Waals surface area contributed by atoms with Crippen LogP contribution in [0.4, 0.5) is 39.5 Å². The zero-order valence-corrected chi connectivity index (χ0v) is 22.8. The van der Waals surface area contributed by atoms with Crippen molar-refractivity contribution in [2.45, 2.75) is 45.8 Å². The summed E-state index contributed by atoms with van der Waals surface area (Å²) in [6.45, 7) is 7.60. The second kappa shape index (κ2) is 12.8. The van der Waals surface area contributed by atoms with Gasteiger partial charge >= 0.3 is 25.9 Å². The molecule has 0 aliphatic heterocycles. The van der Waals surface area contributed by atoms with E-state index in [1.54, 1.807) is 0 Å². The van der Waals surface area contributed by atoms with E-state index in [1.165, 1.54) is 0 Å². The molecule has 0 atom stereocenters. The number of rotatable bonds is 11. The minimum Gasteiger partial charge on any atom is -0.490 e. The molecule has 0 saturated carbocycles. The van der Waals surface area contributed by atoms with Gasteiger partial charge in [-0.3, -0.25) is 0 Å². The Morgan fingerprint density at radius 2 is 0.929 bits per heavy atom. The smallest absolute Gasteiger partial charge is 0.490 e. The van der Waals surface area contributed by atoms with Gasteiger partial charge in [0.05, 0.1) is 36.3 Å². The van der Waals surface area contributed by atoms with Crippen molar-refractivity contribution in [3.05, 3.63) is 89.0 Å². The van der Waals surface area contributed by atoms with E-state index in [1.807, 2.05) is 20.8 Å². The Morgan fingerprint density at radius 3 is 1.29 bits per heavy atom. The second-order valence-corrected chi connectivity index (χ2v) is 9.46. The maximum absolute atomic E-state index is 13.6. The largest absolute Gasteiger partial charge is 0.864 e. The van der Waals surface area contributed by atoms with Crippen LogP contribution in [0.1, 0.15) is 43.0 Å². The SMILES string of the molecule is CC[N+](CC)(CC)Cc1cc(C(F)(F)F)ccc1OB(Oc1ccc(C(F)(F)F)cc1)Oc1ccc(C(F)(F)F)cc1.